The Morgan fingerprint density at radius 2 is 1.91 bits per heavy atom. The molecule has 6 heteroatoms. The number of piperidine rings is 1. The van der Waals surface area contributed by atoms with Crippen LogP contribution in [0.5, 0.6) is 5.75 Å². The van der Waals surface area contributed by atoms with Crippen LogP contribution in [0.4, 0.5) is 9.18 Å². The van der Waals surface area contributed by atoms with Gasteiger partial charge in [-0.15, -0.1) is 0 Å². The normalized spacial score (nSPS) is 18.6. The second kappa shape index (κ2) is 10.2. The SMILES string of the molecule is CC(C)COc1cc(COC2CN(C(=O)O)CCC2c2ccc(F)cc2)cc2ccccc12. The molecule has 1 aliphatic heterocycles. The van der Waals surface area contributed by atoms with Crippen molar-refractivity contribution in [2.45, 2.75) is 38.9 Å². The third kappa shape index (κ3) is 5.63. The van der Waals surface area contributed by atoms with Gasteiger partial charge >= 0.3 is 6.09 Å². The molecule has 0 aromatic heterocycles. The minimum Gasteiger partial charge on any atom is -0.493 e. The van der Waals surface area contributed by atoms with Gasteiger partial charge in [0.05, 0.1) is 25.9 Å². The Morgan fingerprint density at radius 3 is 2.64 bits per heavy atom. The van der Waals surface area contributed by atoms with Gasteiger partial charge in [0.25, 0.3) is 0 Å². The Bertz CT molecular complexity index is 1100. The van der Waals surface area contributed by atoms with Crippen molar-refractivity contribution in [3.63, 3.8) is 0 Å². The van der Waals surface area contributed by atoms with Crippen molar-refractivity contribution in [1.29, 1.82) is 0 Å². The molecular weight excluding hydrogens is 421 g/mol. The van der Waals surface area contributed by atoms with E-state index in [-0.39, 0.29) is 24.4 Å². The Kier molecular flexibility index (Phi) is 7.14. The molecule has 1 heterocycles. The molecule has 0 saturated carbocycles. The van der Waals surface area contributed by atoms with Crippen LogP contribution < -0.4 is 4.74 Å². The highest BCUT2D eigenvalue weighted by Crippen LogP contribution is 2.33. The summed E-state index contributed by atoms with van der Waals surface area (Å²) in [6, 6.07) is 18.6. The number of likely N-dealkylation sites (tertiary alicyclic amines) is 1. The number of nitrogens with zero attached hydrogens (tertiary/aromatic N) is 1. The first-order valence-electron chi connectivity index (χ1n) is 11.4. The lowest BCUT2D eigenvalue weighted by Crippen LogP contribution is -2.46. The van der Waals surface area contributed by atoms with E-state index in [4.69, 9.17) is 9.47 Å². The number of ether oxygens (including phenoxy) is 2. The summed E-state index contributed by atoms with van der Waals surface area (Å²) in [6.07, 6.45) is -0.647. The molecule has 3 aromatic carbocycles. The molecule has 33 heavy (non-hydrogen) atoms. The number of rotatable bonds is 7. The second-order valence-corrected chi connectivity index (χ2v) is 9.04. The fraction of sp³-hybridized carbons (Fsp3) is 0.370. The van der Waals surface area contributed by atoms with Crippen molar-refractivity contribution >= 4 is 16.9 Å². The number of carboxylic acid groups (broad SMARTS) is 1. The van der Waals surface area contributed by atoms with E-state index in [9.17, 15) is 14.3 Å². The van der Waals surface area contributed by atoms with Crippen molar-refractivity contribution in [1.82, 2.24) is 4.90 Å². The molecule has 1 fully saturated rings. The van der Waals surface area contributed by atoms with Gasteiger partial charge in [-0.05, 0) is 53.1 Å². The first-order chi connectivity index (χ1) is 15.9. The molecule has 1 aliphatic rings. The van der Waals surface area contributed by atoms with Crippen LogP contribution in [0.1, 0.15) is 37.3 Å². The molecule has 5 nitrogen and oxygen atoms in total. The van der Waals surface area contributed by atoms with Crippen molar-refractivity contribution in [2.24, 2.45) is 5.92 Å². The van der Waals surface area contributed by atoms with Gasteiger partial charge in [0.2, 0.25) is 0 Å². The highest BCUT2D eigenvalue weighted by atomic mass is 19.1. The van der Waals surface area contributed by atoms with E-state index in [0.29, 0.717) is 32.1 Å². The Balaban J connectivity index is 1.56. The molecule has 0 spiro atoms. The number of carbonyl (C=O) groups is 1. The molecule has 1 saturated heterocycles. The summed E-state index contributed by atoms with van der Waals surface area (Å²) in [7, 11) is 0. The van der Waals surface area contributed by atoms with Crippen LogP contribution >= 0.6 is 0 Å². The van der Waals surface area contributed by atoms with Gasteiger partial charge in [-0.2, -0.15) is 0 Å². The van der Waals surface area contributed by atoms with Gasteiger partial charge in [0.15, 0.2) is 0 Å². The van der Waals surface area contributed by atoms with Gasteiger partial charge in [-0.3, -0.25) is 0 Å². The van der Waals surface area contributed by atoms with Gasteiger partial charge in [-0.1, -0.05) is 50.2 Å². The van der Waals surface area contributed by atoms with E-state index in [1.165, 1.54) is 17.0 Å². The summed E-state index contributed by atoms with van der Waals surface area (Å²) < 4.78 is 25.8. The van der Waals surface area contributed by atoms with Gasteiger partial charge in [-0.25, -0.2) is 9.18 Å². The van der Waals surface area contributed by atoms with Crippen LogP contribution in [0.25, 0.3) is 10.8 Å². The molecule has 1 amide bonds. The lowest BCUT2D eigenvalue weighted by molar-refractivity contribution is -0.0199. The van der Waals surface area contributed by atoms with E-state index in [1.807, 2.05) is 24.3 Å². The topological polar surface area (TPSA) is 59.0 Å². The number of amides is 1. The second-order valence-electron chi connectivity index (χ2n) is 9.04. The first kappa shape index (κ1) is 23.1. The van der Waals surface area contributed by atoms with Crippen molar-refractivity contribution in [2.75, 3.05) is 19.7 Å². The maximum Gasteiger partial charge on any atom is 0.407 e. The Hall–Kier alpha value is -3.12. The first-order valence-corrected chi connectivity index (χ1v) is 11.4. The zero-order valence-electron chi connectivity index (χ0n) is 19.0. The predicted octanol–water partition coefficient (Wildman–Crippen LogP) is 6.07. The van der Waals surface area contributed by atoms with Gasteiger partial charge < -0.3 is 19.5 Å². The predicted molar refractivity (Wildman–Crippen MR) is 126 cm³/mol. The molecule has 3 aromatic rings. The molecule has 0 bridgehead atoms. The summed E-state index contributed by atoms with van der Waals surface area (Å²) in [5, 5.41) is 11.6. The standard InChI is InChI=1S/C27H30FNO4/c1-18(2)16-32-25-14-19(13-21-5-3-4-6-23(21)25)17-33-26-15-29(27(30)31)12-11-24(26)20-7-9-22(28)10-8-20/h3-10,13-14,18,24,26H,11-12,15-17H2,1-2H3,(H,30,31). The van der Waals surface area contributed by atoms with Gasteiger partial charge in [0.1, 0.15) is 11.6 Å². The summed E-state index contributed by atoms with van der Waals surface area (Å²) >= 11 is 0. The maximum atomic E-state index is 13.4. The average Bonchev–Trinajstić information content (AvgIpc) is 2.81. The number of fused-ring (bicyclic) bond motifs is 1. The summed E-state index contributed by atoms with van der Waals surface area (Å²) in [5.74, 6) is 0.943. The Labute approximate surface area is 193 Å². The molecule has 2 unspecified atom stereocenters. The van der Waals surface area contributed by atoms with Gasteiger partial charge in [0, 0.05) is 17.8 Å². The van der Waals surface area contributed by atoms with E-state index in [2.05, 4.69) is 26.0 Å². The van der Waals surface area contributed by atoms with E-state index in [0.717, 1.165) is 27.6 Å². The summed E-state index contributed by atoms with van der Waals surface area (Å²) in [5.41, 5.74) is 1.93. The van der Waals surface area contributed by atoms with Crippen LogP contribution in [0.15, 0.2) is 60.7 Å². The quantitative estimate of drug-likeness (QED) is 0.474. The molecule has 1 N–H and O–H groups in total. The fourth-order valence-corrected chi connectivity index (χ4v) is 4.35. The minimum atomic E-state index is -0.948. The minimum absolute atomic E-state index is 0.00156. The zero-order chi connectivity index (χ0) is 23.4. The van der Waals surface area contributed by atoms with Crippen molar-refractivity contribution in [3.8, 4) is 5.75 Å². The Morgan fingerprint density at radius 1 is 1.15 bits per heavy atom. The number of halogens is 1. The maximum absolute atomic E-state index is 13.4. The number of hydrogen-bond donors (Lipinski definition) is 1. The molecular formula is C27H30FNO4. The van der Waals surface area contributed by atoms with E-state index in [1.54, 1.807) is 12.1 Å². The molecule has 2 atom stereocenters. The highest BCUT2D eigenvalue weighted by Gasteiger charge is 2.33. The fourth-order valence-electron chi connectivity index (χ4n) is 4.35. The monoisotopic (exact) mass is 451 g/mol. The average molecular weight is 452 g/mol. The summed E-state index contributed by atoms with van der Waals surface area (Å²) in [4.78, 5) is 13.0. The molecule has 174 valence electrons. The molecule has 0 aliphatic carbocycles. The molecule has 4 rings (SSSR count). The zero-order valence-corrected chi connectivity index (χ0v) is 19.0. The van der Waals surface area contributed by atoms with E-state index < -0.39 is 6.09 Å². The lowest BCUT2D eigenvalue weighted by Gasteiger charge is -2.37. The third-order valence-electron chi connectivity index (χ3n) is 6.05. The van der Waals surface area contributed by atoms with Crippen LogP contribution in [-0.2, 0) is 11.3 Å². The third-order valence-corrected chi connectivity index (χ3v) is 6.05. The van der Waals surface area contributed by atoms with Crippen LogP contribution in [0, 0.1) is 11.7 Å². The lowest BCUT2D eigenvalue weighted by atomic mass is 9.87. The van der Waals surface area contributed by atoms with Crippen LogP contribution in [0.2, 0.25) is 0 Å². The van der Waals surface area contributed by atoms with Crippen LogP contribution in [-0.4, -0.2) is 41.9 Å². The number of benzene rings is 3. The smallest absolute Gasteiger partial charge is 0.407 e. The highest BCUT2D eigenvalue weighted by molar-refractivity contribution is 5.89. The summed E-state index contributed by atoms with van der Waals surface area (Å²) in [6.45, 7) is 5.89. The van der Waals surface area contributed by atoms with Crippen molar-refractivity contribution < 1.29 is 23.8 Å². The number of hydrogen-bond acceptors (Lipinski definition) is 3. The van der Waals surface area contributed by atoms with E-state index >= 15 is 0 Å². The van der Waals surface area contributed by atoms with Crippen LogP contribution in [0.3, 0.4) is 0 Å². The van der Waals surface area contributed by atoms with Crippen molar-refractivity contribution in [3.05, 3.63) is 77.6 Å². The largest absolute Gasteiger partial charge is 0.493 e. The molecule has 0 radical (unpaired) electrons.